The van der Waals surface area contributed by atoms with Crippen LogP contribution in [0.5, 0.6) is 5.75 Å². The molecule has 0 spiro atoms. The molecule has 6 nitrogen and oxygen atoms in total. The molecule has 118 valence electrons. The van der Waals surface area contributed by atoms with E-state index in [9.17, 15) is 22.8 Å². The summed E-state index contributed by atoms with van der Waals surface area (Å²) in [6.07, 6.45) is -4.96. The van der Waals surface area contributed by atoms with Gasteiger partial charge in [-0.3, -0.25) is 9.59 Å². The Kier molecular flexibility index (Phi) is 4.50. The standard InChI is InChI=1S/C12H10F3N3O3S/c13-12(14,15)21-6-1-2-7-8(5-6)22-11(17-7)18-10(20)4-3-9(16)19/h1-2,5H,3-4H2,(H2,16,19)(H,17,18,20). The van der Waals surface area contributed by atoms with Crippen molar-refractivity contribution in [3.8, 4) is 5.75 Å². The summed E-state index contributed by atoms with van der Waals surface area (Å²) in [7, 11) is 0. The molecule has 22 heavy (non-hydrogen) atoms. The number of carbonyl (C=O) groups excluding carboxylic acids is 2. The fraction of sp³-hybridized carbons (Fsp3) is 0.250. The summed E-state index contributed by atoms with van der Waals surface area (Å²) in [6.45, 7) is 0. The number of thiazole rings is 1. The summed E-state index contributed by atoms with van der Waals surface area (Å²) in [4.78, 5) is 26.1. The highest BCUT2D eigenvalue weighted by molar-refractivity contribution is 7.22. The van der Waals surface area contributed by atoms with Crippen LogP contribution in [0.25, 0.3) is 10.2 Å². The third kappa shape index (κ3) is 4.58. The average Bonchev–Trinajstić information content (AvgIpc) is 2.75. The molecule has 1 aromatic heterocycles. The molecular formula is C12H10F3N3O3S. The van der Waals surface area contributed by atoms with E-state index in [0.29, 0.717) is 10.2 Å². The molecule has 0 aliphatic rings. The average molecular weight is 333 g/mol. The van der Waals surface area contributed by atoms with Gasteiger partial charge in [-0.05, 0) is 12.1 Å². The lowest BCUT2D eigenvalue weighted by Gasteiger charge is -2.07. The lowest BCUT2D eigenvalue weighted by Crippen LogP contribution is -2.17. The quantitative estimate of drug-likeness (QED) is 0.878. The highest BCUT2D eigenvalue weighted by Crippen LogP contribution is 2.31. The predicted octanol–water partition coefficient (Wildman–Crippen LogP) is 2.40. The number of ether oxygens (including phenoxy) is 1. The van der Waals surface area contributed by atoms with Crippen LogP contribution in [0.3, 0.4) is 0 Å². The first kappa shape index (κ1) is 16.0. The number of alkyl halides is 3. The van der Waals surface area contributed by atoms with E-state index in [1.54, 1.807) is 0 Å². The van der Waals surface area contributed by atoms with Gasteiger partial charge in [0.15, 0.2) is 5.13 Å². The lowest BCUT2D eigenvalue weighted by atomic mass is 10.3. The van der Waals surface area contributed by atoms with Gasteiger partial charge in [0.25, 0.3) is 0 Å². The molecule has 0 aliphatic heterocycles. The molecule has 2 amide bonds. The highest BCUT2D eigenvalue weighted by atomic mass is 32.1. The normalized spacial score (nSPS) is 11.4. The Bertz CT molecular complexity index is 714. The number of halogens is 3. The number of nitrogens with zero attached hydrogens (tertiary/aromatic N) is 1. The Balaban J connectivity index is 2.10. The molecule has 0 unspecified atom stereocenters. The molecular weight excluding hydrogens is 323 g/mol. The van der Waals surface area contributed by atoms with Gasteiger partial charge < -0.3 is 15.8 Å². The van der Waals surface area contributed by atoms with Gasteiger partial charge in [0.2, 0.25) is 11.8 Å². The predicted molar refractivity (Wildman–Crippen MR) is 73.4 cm³/mol. The van der Waals surface area contributed by atoms with Crippen LogP contribution < -0.4 is 15.8 Å². The maximum absolute atomic E-state index is 12.1. The minimum absolute atomic E-state index is 0.0896. The van der Waals surface area contributed by atoms with Crippen molar-refractivity contribution in [3.63, 3.8) is 0 Å². The van der Waals surface area contributed by atoms with E-state index in [0.717, 1.165) is 17.4 Å². The maximum atomic E-state index is 12.1. The molecule has 1 heterocycles. The Morgan fingerprint density at radius 1 is 1.32 bits per heavy atom. The van der Waals surface area contributed by atoms with Crippen LogP contribution in [0, 0.1) is 0 Å². The van der Waals surface area contributed by atoms with Crippen molar-refractivity contribution in [2.45, 2.75) is 19.2 Å². The van der Waals surface area contributed by atoms with Gasteiger partial charge in [-0.2, -0.15) is 0 Å². The molecule has 0 saturated heterocycles. The van der Waals surface area contributed by atoms with E-state index in [-0.39, 0.29) is 23.7 Å². The van der Waals surface area contributed by atoms with E-state index in [1.807, 2.05) is 0 Å². The van der Waals surface area contributed by atoms with Gasteiger partial charge >= 0.3 is 6.36 Å². The number of rotatable bonds is 5. The summed E-state index contributed by atoms with van der Waals surface area (Å²) >= 11 is 0.993. The number of anilines is 1. The van der Waals surface area contributed by atoms with Crippen LogP contribution in [0.4, 0.5) is 18.3 Å². The minimum atomic E-state index is -4.77. The van der Waals surface area contributed by atoms with Crippen LogP contribution >= 0.6 is 11.3 Å². The number of hydrogen-bond donors (Lipinski definition) is 2. The van der Waals surface area contributed by atoms with Gasteiger partial charge in [-0.25, -0.2) is 4.98 Å². The number of primary amides is 1. The first-order valence-electron chi connectivity index (χ1n) is 5.97. The fourth-order valence-electron chi connectivity index (χ4n) is 1.57. The van der Waals surface area contributed by atoms with Crippen LogP contribution in [-0.4, -0.2) is 23.2 Å². The Hall–Kier alpha value is -2.36. The molecule has 0 bridgehead atoms. The van der Waals surface area contributed by atoms with Crippen molar-refractivity contribution in [2.75, 3.05) is 5.32 Å². The molecule has 0 radical (unpaired) electrons. The summed E-state index contributed by atoms with van der Waals surface area (Å²) in [5.41, 5.74) is 5.35. The number of nitrogens with one attached hydrogen (secondary N) is 1. The van der Waals surface area contributed by atoms with Gasteiger partial charge in [0.05, 0.1) is 10.2 Å². The van der Waals surface area contributed by atoms with Crippen molar-refractivity contribution in [1.82, 2.24) is 4.98 Å². The summed E-state index contributed by atoms with van der Waals surface area (Å²) in [5.74, 6) is -1.42. The maximum Gasteiger partial charge on any atom is 0.573 e. The first-order valence-corrected chi connectivity index (χ1v) is 6.79. The molecule has 0 atom stereocenters. The fourth-order valence-corrected chi connectivity index (χ4v) is 2.48. The monoisotopic (exact) mass is 333 g/mol. The zero-order chi connectivity index (χ0) is 16.3. The molecule has 0 aliphatic carbocycles. The third-order valence-corrected chi connectivity index (χ3v) is 3.37. The van der Waals surface area contributed by atoms with E-state index in [1.165, 1.54) is 12.1 Å². The van der Waals surface area contributed by atoms with E-state index < -0.39 is 18.2 Å². The van der Waals surface area contributed by atoms with Gasteiger partial charge in [-0.15, -0.1) is 13.2 Å². The van der Waals surface area contributed by atoms with Crippen molar-refractivity contribution in [1.29, 1.82) is 0 Å². The van der Waals surface area contributed by atoms with Gasteiger partial charge in [0, 0.05) is 18.9 Å². The molecule has 0 saturated carbocycles. The number of carbonyl (C=O) groups is 2. The van der Waals surface area contributed by atoms with Crippen molar-refractivity contribution >= 4 is 38.5 Å². The van der Waals surface area contributed by atoms with Crippen LogP contribution in [0.2, 0.25) is 0 Å². The Morgan fingerprint density at radius 2 is 2.05 bits per heavy atom. The van der Waals surface area contributed by atoms with Crippen LogP contribution in [-0.2, 0) is 9.59 Å². The van der Waals surface area contributed by atoms with Crippen LogP contribution in [0.15, 0.2) is 18.2 Å². The SMILES string of the molecule is NC(=O)CCC(=O)Nc1nc2ccc(OC(F)(F)F)cc2s1. The largest absolute Gasteiger partial charge is 0.573 e. The summed E-state index contributed by atoms with van der Waals surface area (Å²) in [5, 5.41) is 2.67. The van der Waals surface area contributed by atoms with Crippen molar-refractivity contribution in [3.05, 3.63) is 18.2 Å². The van der Waals surface area contributed by atoms with E-state index in [4.69, 9.17) is 5.73 Å². The topological polar surface area (TPSA) is 94.3 Å². The summed E-state index contributed by atoms with van der Waals surface area (Å²) in [6, 6.07) is 3.67. The number of benzene rings is 1. The molecule has 0 fully saturated rings. The lowest BCUT2D eigenvalue weighted by molar-refractivity contribution is -0.274. The number of nitrogens with two attached hydrogens (primary N) is 1. The van der Waals surface area contributed by atoms with E-state index in [2.05, 4.69) is 15.0 Å². The molecule has 2 rings (SSSR count). The smallest absolute Gasteiger partial charge is 0.406 e. The molecule has 10 heteroatoms. The number of fused-ring (bicyclic) bond motifs is 1. The molecule has 2 aromatic rings. The molecule has 1 aromatic carbocycles. The Labute approximate surface area is 126 Å². The van der Waals surface area contributed by atoms with Gasteiger partial charge in [0.1, 0.15) is 5.75 Å². The summed E-state index contributed by atoms with van der Waals surface area (Å²) < 4.78 is 40.6. The second-order valence-corrected chi connectivity index (χ2v) is 5.24. The number of hydrogen-bond acceptors (Lipinski definition) is 5. The Morgan fingerprint density at radius 3 is 2.68 bits per heavy atom. The number of amides is 2. The number of aromatic nitrogens is 1. The zero-order valence-corrected chi connectivity index (χ0v) is 11.8. The molecule has 3 N–H and O–H groups in total. The minimum Gasteiger partial charge on any atom is -0.406 e. The zero-order valence-electron chi connectivity index (χ0n) is 10.9. The van der Waals surface area contributed by atoms with Crippen molar-refractivity contribution in [2.24, 2.45) is 5.73 Å². The second-order valence-electron chi connectivity index (χ2n) is 4.21. The highest BCUT2D eigenvalue weighted by Gasteiger charge is 2.31. The van der Waals surface area contributed by atoms with E-state index >= 15 is 0 Å². The van der Waals surface area contributed by atoms with Gasteiger partial charge in [-0.1, -0.05) is 11.3 Å². The van der Waals surface area contributed by atoms with Crippen molar-refractivity contribution < 1.29 is 27.5 Å². The second kappa shape index (κ2) is 6.18. The first-order chi connectivity index (χ1) is 10.2. The third-order valence-electron chi connectivity index (χ3n) is 2.44. The van der Waals surface area contributed by atoms with Crippen LogP contribution in [0.1, 0.15) is 12.8 Å².